The van der Waals surface area contributed by atoms with Crippen molar-refractivity contribution in [3.8, 4) is 11.4 Å². The Kier molecular flexibility index (Phi) is 6.26. The van der Waals surface area contributed by atoms with Crippen molar-refractivity contribution in [1.29, 1.82) is 0 Å². The quantitative estimate of drug-likeness (QED) is 0.614. The monoisotopic (exact) mass is 403 g/mol. The first-order valence-corrected chi connectivity index (χ1v) is 9.69. The SMILES string of the molecule is COBN1CCN(c2ccncc2NC(=O)c2ccnc(-c3cccnc3)n2)CC1. The largest absolute Gasteiger partial charge is 0.427 e. The van der Waals surface area contributed by atoms with Crippen LogP contribution in [0.5, 0.6) is 0 Å². The Morgan fingerprint density at radius 2 is 1.90 bits per heavy atom. The lowest BCUT2D eigenvalue weighted by molar-refractivity contribution is 0.102. The van der Waals surface area contributed by atoms with E-state index in [9.17, 15) is 4.79 Å². The second kappa shape index (κ2) is 9.42. The maximum atomic E-state index is 12.9. The van der Waals surface area contributed by atoms with Crippen LogP contribution in [0.1, 0.15) is 10.5 Å². The molecule has 10 heteroatoms. The fraction of sp³-hybridized carbons (Fsp3) is 0.250. The van der Waals surface area contributed by atoms with Gasteiger partial charge < -0.3 is 19.7 Å². The minimum Gasteiger partial charge on any atom is -0.427 e. The molecule has 0 unspecified atom stereocenters. The van der Waals surface area contributed by atoms with Crippen LogP contribution in [0, 0.1) is 0 Å². The Hall–Kier alpha value is -3.37. The minimum absolute atomic E-state index is 0.281. The van der Waals surface area contributed by atoms with Gasteiger partial charge in [0.1, 0.15) is 5.69 Å². The molecule has 0 bridgehead atoms. The zero-order chi connectivity index (χ0) is 20.8. The number of aromatic nitrogens is 4. The van der Waals surface area contributed by atoms with E-state index in [0.717, 1.165) is 37.4 Å². The molecule has 152 valence electrons. The van der Waals surface area contributed by atoms with Crippen LogP contribution < -0.4 is 10.2 Å². The van der Waals surface area contributed by atoms with Crippen molar-refractivity contribution in [2.75, 3.05) is 43.5 Å². The molecule has 1 aliphatic heterocycles. The summed E-state index contributed by atoms with van der Waals surface area (Å²) < 4.78 is 5.21. The molecule has 0 spiro atoms. The summed E-state index contributed by atoms with van der Waals surface area (Å²) in [6.07, 6.45) is 8.32. The molecule has 1 aliphatic rings. The van der Waals surface area contributed by atoms with Crippen LogP contribution >= 0.6 is 0 Å². The molecule has 0 aliphatic carbocycles. The lowest BCUT2D eigenvalue weighted by atomic mass is 10.1. The zero-order valence-corrected chi connectivity index (χ0v) is 16.7. The van der Waals surface area contributed by atoms with Gasteiger partial charge in [-0.15, -0.1) is 0 Å². The van der Waals surface area contributed by atoms with E-state index >= 15 is 0 Å². The van der Waals surface area contributed by atoms with Gasteiger partial charge in [0.2, 0.25) is 0 Å². The van der Waals surface area contributed by atoms with Crippen molar-refractivity contribution < 1.29 is 9.45 Å². The third-order valence-corrected chi connectivity index (χ3v) is 4.88. The average molecular weight is 403 g/mol. The lowest BCUT2D eigenvalue weighted by Crippen LogP contribution is -2.48. The van der Waals surface area contributed by atoms with E-state index in [-0.39, 0.29) is 11.6 Å². The smallest absolute Gasteiger partial charge is 0.363 e. The Morgan fingerprint density at radius 1 is 1.07 bits per heavy atom. The number of rotatable bonds is 6. The first kappa shape index (κ1) is 19.9. The van der Waals surface area contributed by atoms with Gasteiger partial charge >= 0.3 is 7.62 Å². The van der Waals surface area contributed by atoms with Crippen LogP contribution in [-0.2, 0) is 4.65 Å². The normalized spacial score (nSPS) is 14.4. The van der Waals surface area contributed by atoms with Gasteiger partial charge in [0.15, 0.2) is 5.82 Å². The van der Waals surface area contributed by atoms with Crippen LogP contribution in [0.3, 0.4) is 0 Å². The minimum atomic E-state index is -0.310. The molecule has 0 saturated carbocycles. The number of nitrogens with one attached hydrogen (secondary N) is 1. The van der Waals surface area contributed by atoms with E-state index in [2.05, 4.69) is 35.0 Å². The Labute approximate surface area is 175 Å². The molecule has 1 saturated heterocycles. The van der Waals surface area contributed by atoms with Gasteiger partial charge in [-0.1, -0.05) is 0 Å². The second-order valence-corrected chi connectivity index (χ2v) is 6.88. The first-order valence-electron chi connectivity index (χ1n) is 9.69. The van der Waals surface area contributed by atoms with Crippen LogP contribution in [-0.4, -0.2) is 71.6 Å². The van der Waals surface area contributed by atoms with Gasteiger partial charge in [0.05, 0.1) is 17.6 Å². The number of amides is 1. The van der Waals surface area contributed by atoms with E-state index in [0.29, 0.717) is 19.1 Å². The van der Waals surface area contributed by atoms with E-state index in [4.69, 9.17) is 4.65 Å². The Morgan fingerprint density at radius 3 is 2.67 bits per heavy atom. The maximum Gasteiger partial charge on any atom is 0.363 e. The topological polar surface area (TPSA) is 96.4 Å². The summed E-state index contributed by atoms with van der Waals surface area (Å²) in [6, 6.07) is 7.17. The third-order valence-electron chi connectivity index (χ3n) is 4.88. The Balaban J connectivity index is 1.50. The number of carbonyl (C=O) groups excluding carboxylic acids is 1. The van der Waals surface area contributed by atoms with Crippen molar-refractivity contribution in [2.45, 2.75) is 0 Å². The summed E-state index contributed by atoms with van der Waals surface area (Å²) in [6.45, 7) is 3.47. The van der Waals surface area contributed by atoms with E-state index in [1.54, 1.807) is 50.2 Å². The maximum absolute atomic E-state index is 12.9. The number of pyridine rings is 2. The highest BCUT2D eigenvalue weighted by Gasteiger charge is 2.21. The standard InChI is InChI=1S/C20H22BN7O2/c1-30-21-28-11-9-27(10-12-28)18-5-7-23-14-17(18)26-20(29)16-4-8-24-19(25-16)15-3-2-6-22-13-15/h2-8,13-14,21H,9-12H2,1H3,(H,26,29). The predicted octanol–water partition coefficient (Wildman–Crippen LogP) is 1.22. The molecule has 4 rings (SSSR count). The van der Waals surface area contributed by atoms with Gasteiger partial charge in [0.25, 0.3) is 5.91 Å². The van der Waals surface area contributed by atoms with Crippen molar-refractivity contribution in [3.63, 3.8) is 0 Å². The van der Waals surface area contributed by atoms with E-state index < -0.39 is 0 Å². The number of nitrogens with zero attached hydrogens (tertiary/aromatic N) is 6. The molecule has 0 atom stereocenters. The van der Waals surface area contributed by atoms with Crippen LogP contribution in [0.25, 0.3) is 11.4 Å². The van der Waals surface area contributed by atoms with E-state index in [1.165, 1.54) is 0 Å². The summed E-state index contributed by atoms with van der Waals surface area (Å²) in [5, 5.41) is 2.95. The second-order valence-electron chi connectivity index (χ2n) is 6.88. The summed E-state index contributed by atoms with van der Waals surface area (Å²) in [4.78, 5) is 34.3. The molecular formula is C20H22BN7O2. The van der Waals surface area contributed by atoms with Crippen molar-refractivity contribution >= 4 is 24.9 Å². The van der Waals surface area contributed by atoms with Gasteiger partial charge in [-0.25, -0.2) is 9.97 Å². The van der Waals surface area contributed by atoms with Gasteiger partial charge in [-0.05, 0) is 24.3 Å². The van der Waals surface area contributed by atoms with Gasteiger partial charge in [-0.3, -0.25) is 14.8 Å². The average Bonchev–Trinajstić information content (AvgIpc) is 2.81. The molecular weight excluding hydrogens is 381 g/mol. The number of anilines is 2. The van der Waals surface area contributed by atoms with Crippen molar-refractivity contribution in [2.24, 2.45) is 0 Å². The fourth-order valence-electron chi connectivity index (χ4n) is 3.37. The highest BCUT2D eigenvalue weighted by molar-refractivity contribution is 6.23. The molecule has 3 aromatic heterocycles. The van der Waals surface area contributed by atoms with Crippen molar-refractivity contribution in [1.82, 2.24) is 24.7 Å². The number of piperazine rings is 1. The predicted molar refractivity (Wildman–Crippen MR) is 115 cm³/mol. The van der Waals surface area contributed by atoms with E-state index in [1.807, 2.05) is 12.1 Å². The molecule has 30 heavy (non-hydrogen) atoms. The summed E-state index contributed by atoms with van der Waals surface area (Å²) >= 11 is 0. The Bertz CT molecular complexity index is 997. The molecule has 4 heterocycles. The molecule has 1 amide bonds. The molecule has 1 N–H and O–H groups in total. The van der Waals surface area contributed by atoms with Crippen molar-refractivity contribution in [3.05, 3.63) is 60.9 Å². The lowest BCUT2D eigenvalue weighted by Gasteiger charge is -2.36. The first-order chi connectivity index (χ1) is 14.7. The summed E-state index contributed by atoms with van der Waals surface area (Å²) in [5.41, 5.74) is 2.63. The van der Waals surface area contributed by atoms with Crippen LogP contribution in [0.2, 0.25) is 0 Å². The number of hydrogen-bond donors (Lipinski definition) is 1. The summed E-state index contributed by atoms with van der Waals surface area (Å²) in [5.74, 6) is 0.145. The van der Waals surface area contributed by atoms with Crippen LogP contribution in [0.4, 0.5) is 11.4 Å². The van der Waals surface area contributed by atoms with Gasteiger partial charge in [0, 0.05) is 63.6 Å². The molecule has 1 fully saturated rings. The zero-order valence-electron chi connectivity index (χ0n) is 16.7. The molecule has 0 aromatic carbocycles. The number of carbonyl (C=O) groups is 1. The summed E-state index contributed by atoms with van der Waals surface area (Å²) in [7, 11) is 2.33. The van der Waals surface area contributed by atoms with Gasteiger partial charge in [-0.2, -0.15) is 0 Å². The highest BCUT2D eigenvalue weighted by Crippen LogP contribution is 2.26. The molecule has 3 aromatic rings. The molecule has 9 nitrogen and oxygen atoms in total. The highest BCUT2D eigenvalue weighted by atomic mass is 16.4. The molecule has 0 radical (unpaired) electrons. The number of hydrogen-bond acceptors (Lipinski definition) is 8. The van der Waals surface area contributed by atoms with Crippen LogP contribution in [0.15, 0.2) is 55.2 Å². The fourth-order valence-corrected chi connectivity index (χ4v) is 3.37. The third kappa shape index (κ3) is 4.61.